The number of unbranched alkanes of at least 4 members (excludes halogenated alkanes) is 1. The van der Waals surface area contributed by atoms with Gasteiger partial charge < -0.3 is 14.6 Å². The van der Waals surface area contributed by atoms with Crippen LogP contribution in [0, 0.1) is 34.9 Å². The molecule has 10 heteroatoms. The van der Waals surface area contributed by atoms with Crippen LogP contribution in [-0.4, -0.2) is 25.5 Å². The van der Waals surface area contributed by atoms with Crippen molar-refractivity contribution < 1.29 is 22.3 Å². The summed E-state index contributed by atoms with van der Waals surface area (Å²) in [6, 6.07) is 5.20. The molecule has 1 fully saturated rings. The summed E-state index contributed by atoms with van der Waals surface area (Å²) in [5.74, 6) is 5.09. The van der Waals surface area contributed by atoms with E-state index in [1.807, 2.05) is 0 Å². The molecule has 31 heavy (non-hydrogen) atoms. The predicted molar refractivity (Wildman–Crippen MR) is 111 cm³/mol. The molecular formula is C21H21FN4O4S. The quantitative estimate of drug-likeness (QED) is 0.501. The van der Waals surface area contributed by atoms with Crippen LogP contribution in [0.15, 0.2) is 29.3 Å². The van der Waals surface area contributed by atoms with Crippen molar-refractivity contribution in [1.29, 1.82) is 5.26 Å². The zero-order valence-electron chi connectivity index (χ0n) is 16.8. The Morgan fingerprint density at radius 2 is 2.16 bits per heavy atom. The van der Waals surface area contributed by atoms with Crippen LogP contribution in [0.2, 0.25) is 0 Å². The summed E-state index contributed by atoms with van der Waals surface area (Å²) >= 11 is 0. The third-order valence-electron chi connectivity index (χ3n) is 4.54. The molecule has 1 aliphatic carbocycles. The number of nitrogens with zero attached hydrogens (tertiary/aromatic N) is 2. The molecule has 1 aromatic heterocycles. The summed E-state index contributed by atoms with van der Waals surface area (Å²) in [6.07, 6.45) is 4.59. The minimum atomic E-state index is -4.15. The van der Waals surface area contributed by atoms with Crippen LogP contribution in [0.3, 0.4) is 0 Å². The molecule has 0 atom stereocenters. The Labute approximate surface area is 179 Å². The van der Waals surface area contributed by atoms with Crippen molar-refractivity contribution in [1.82, 2.24) is 4.57 Å². The summed E-state index contributed by atoms with van der Waals surface area (Å²) in [4.78, 5) is 12.5. The van der Waals surface area contributed by atoms with Crippen LogP contribution >= 0.6 is 0 Å². The van der Waals surface area contributed by atoms with Gasteiger partial charge in [-0.3, -0.25) is 4.79 Å². The van der Waals surface area contributed by atoms with Gasteiger partial charge in [-0.25, -0.2) is 17.9 Å². The van der Waals surface area contributed by atoms with Crippen LogP contribution in [0.25, 0.3) is 0 Å². The number of carbonyl (C=O) groups is 1. The first-order valence-electron chi connectivity index (χ1n) is 9.55. The number of rotatable bonds is 7. The standard InChI is InChI=1S/C21H21FN4O4S/c1-26-13-18(31(24,28)29)20(30-10-4-2-3-5-14-6-7-14)19(26)21(27)25-16-8-9-17(22)15(11-16)12-23/h8-9,11,13-14H,2,4,6-7,10H2,1H3,(H,25,27)(H2,24,28,29). The Bertz CT molecular complexity index is 1210. The van der Waals surface area contributed by atoms with Crippen molar-refractivity contribution in [3.8, 4) is 23.7 Å². The highest BCUT2D eigenvalue weighted by atomic mass is 32.2. The van der Waals surface area contributed by atoms with Crippen LogP contribution in [-0.2, 0) is 17.1 Å². The Hall–Kier alpha value is -3.34. The van der Waals surface area contributed by atoms with E-state index in [4.69, 9.17) is 15.1 Å². The van der Waals surface area contributed by atoms with Crippen molar-refractivity contribution >= 4 is 21.6 Å². The topological polar surface area (TPSA) is 127 Å². The number of sulfonamides is 1. The largest absolute Gasteiger partial charge is 0.490 e. The number of hydrogen-bond acceptors (Lipinski definition) is 5. The first-order valence-corrected chi connectivity index (χ1v) is 11.1. The zero-order valence-corrected chi connectivity index (χ0v) is 17.6. The van der Waals surface area contributed by atoms with Crippen molar-refractivity contribution in [2.75, 3.05) is 11.9 Å². The van der Waals surface area contributed by atoms with Gasteiger partial charge in [-0.05, 0) is 37.5 Å². The number of anilines is 1. The minimum absolute atomic E-state index is 0.0732. The van der Waals surface area contributed by atoms with Gasteiger partial charge >= 0.3 is 0 Å². The number of primary sulfonamides is 1. The fourth-order valence-electron chi connectivity index (χ4n) is 2.84. The van der Waals surface area contributed by atoms with E-state index in [0.29, 0.717) is 18.8 Å². The normalized spacial score (nSPS) is 13.1. The second kappa shape index (κ2) is 9.21. The van der Waals surface area contributed by atoms with Gasteiger partial charge in [0, 0.05) is 31.3 Å². The minimum Gasteiger partial charge on any atom is -0.490 e. The summed E-state index contributed by atoms with van der Waals surface area (Å²) in [5, 5.41) is 16.8. The molecule has 3 rings (SSSR count). The van der Waals surface area contributed by atoms with Crippen LogP contribution in [0.5, 0.6) is 5.75 Å². The van der Waals surface area contributed by atoms with Gasteiger partial charge in [0.2, 0.25) is 10.0 Å². The third kappa shape index (κ3) is 5.63. The summed E-state index contributed by atoms with van der Waals surface area (Å²) < 4.78 is 44.4. The maximum Gasteiger partial charge on any atom is 0.276 e. The van der Waals surface area contributed by atoms with E-state index in [0.717, 1.165) is 18.9 Å². The average molecular weight is 444 g/mol. The number of nitrogens with one attached hydrogen (secondary N) is 1. The van der Waals surface area contributed by atoms with Gasteiger partial charge in [-0.15, -0.1) is 5.92 Å². The molecule has 2 aromatic rings. The van der Waals surface area contributed by atoms with Gasteiger partial charge in [0.25, 0.3) is 5.91 Å². The van der Waals surface area contributed by atoms with E-state index < -0.39 is 21.7 Å². The maximum absolute atomic E-state index is 13.5. The molecule has 0 aliphatic heterocycles. The molecule has 1 aromatic carbocycles. The number of benzene rings is 1. The monoisotopic (exact) mass is 444 g/mol. The van der Waals surface area contributed by atoms with Gasteiger partial charge in [-0.2, -0.15) is 5.26 Å². The fraction of sp³-hybridized carbons (Fsp3) is 0.333. The summed E-state index contributed by atoms with van der Waals surface area (Å²) in [5.41, 5.74) is -0.141. The number of carbonyl (C=O) groups excluding carboxylic acids is 1. The van der Waals surface area contributed by atoms with Gasteiger partial charge in [0.05, 0.1) is 12.2 Å². The third-order valence-corrected chi connectivity index (χ3v) is 5.45. The van der Waals surface area contributed by atoms with E-state index in [9.17, 15) is 17.6 Å². The molecule has 1 aliphatic rings. The molecule has 0 bridgehead atoms. The lowest BCUT2D eigenvalue weighted by molar-refractivity contribution is 0.101. The second-order valence-corrected chi connectivity index (χ2v) is 8.66. The molecule has 1 saturated carbocycles. The number of aromatic nitrogens is 1. The van der Waals surface area contributed by atoms with Crippen molar-refractivity contribution in [2.24, 2.45) is 18.1 Å². The lowest BCUT2D eigenvalue weighted by Gasteiger charge is -2.11. The van der Waals surface area contributed by atoms with Crippen LogP contribution < -0.4 is 15.2 Å². The van der Waals surface area contributed by atoms with Crippen molar-refractivity contribution in [2.45, 2.75) is 30.6 Å². The van der Waals surface area contributed by atoms with E-state index in [2.05, 4.69) is 17.2 Å². The molecule has 0 saturated heterocycles. The molecule has 1 amide bonds. The van der Waals surface area contributed by atoms with Gasteiger partial charge in [0.1, 0.15) is 16.8 Å². The molecular weight excluding hydrogens is 423 g/mol. The van der Waals surface area contributed by atoms with Crippen LogP contribution in [0.1, 0.15) is 41.7 Å². The number of halogens is 1. The Morgan fingerprint density at radius 1 is 1.42 bits per heavy atom. The van der Waals surface area contributed by atoms with E-state index in [-0.39, 0.29) is 34.2 Å². The van der Waals surface area contributed by atoms with E-state index in [1.54, 1.807) is 6.07 Å². The molecule has 8 nitrogen and oxygen atoms in total. The second-order valence-electron chi connectivity index (χ2n) is 7.13. The number of nitriles is 1. The molecule has 3 N–H and O–H groups in total. The Balaban J connectivity index is 1.81. The maximum atomic E-state index is 13.5. The summed E-state index contributed by atoms with van der Waals surface area (Å²) in [7, 11) is -2.68. The number of aryl methyl sites for hydroxylation is 1. The van der Waals surface area contributed by atoms with E-state index in [1.165, 1.54) is 29.9 Å². The lowest BCUT2D eigenvalue weighted by Crippen LogP contribution is -2.18. The smallest absolute Gasteiger partial charge is 0.276 e. The SMILES string of the molecule is Cn1cc(S(N)(=O)=O)c(OCCCC#CC2CC2)c1C(=O)Nc1ccc(F)c(C#N)c1. The highest BCUT2D eigenvalue weighted by Gasteiger charge is 2.28. The highest BCUT2D eigenvalue weighted by Crippen LogP contribution is 2.31. The van der Waals surface area contributed by atoms with Gasteiger partial charge in [-0.1, -0.05) is 5.92 Å². The number of nitrogens with two attached hydrogens (primary N) is 1. The molecule has 1 heterocycles. The average Bonchev–Trinajstić information content (AvgIpc) is 3.46. The number of ether oxygens (including phenoxy) is 1. The molecule has 0 radical (unpaired) electrons. The first kappa shape index (κ1) is 22.3. The highest BCUT2D eigenvalue weighted by molar-refractivity contribution is 7.89. The summed E-state index contributed by atoms with van der Waals surface area (Å²) in [6.45, 7) is 0.140. The van der Waals surface area contributed by atoms with Crippen molar-refractivity contribution in [3.05, 3.63) is 41.5 Å². The molecule has 0 spiro atoms. The predicted octanol–water partition coefficient (Wildman–Crippen LogP) is 2.51. The molecule has 162 valence electrons. The van der Waals surface area contributed by atoms with Crippen molar-refractivity contribution in [3.63, 3.8) is 0 Å². The Kier molecular flexibility index (Phi) is 6.64. The first-order chi connectivity index (χ1) is 14.7. The number of hydrogen-bond donors (Lipinski definition) is 2. The van der Waals surface area contributed by atoms with Crippen LogP contribution in [0.4, 0.5) is 10.1 Å². The van der Waals surface area contributed by atoms with Gasteiger partial charge in [0.15, 0.2) is 11.4 Å². The van der Waals surface area contributed by atoms with E-state index >= 15 is 0 Å². The lowest BCUT2D eigenvalue weighted by atomic mass is 10.2. The number of amides is 1. The fourth-order valence-corrected chi connectivity index (χ4v) is 3.56. The Morgan fingerprint density at radius 3 is 2.81 bits per heavy atom. The molecule has 0 unspecified atom stereocenters. The zero-order chi connectivity index (χ0) is 22.6.